The molecule has 1 saturated carbocycles. The summed E-state index contributed by atoms with van der Waals surface area (Å²) in [5, 5.41) is 0. The van der Waals surface area contributed by atoms with Crippen LogP contribution in [-0.2, 0) is 9.53 Å². The maximum Gasteiger partial charge on any atom is 0.340 e. The van der Waals surface area contributed by atoms with Crippen LogP contribution in [0.25, 0.3) is 0 Å². The summed E-state index contributed by atoms with van der Waals surface area (Å²) in [6.45, 7) is 3.78. The molecule has 0 saturated heterocycles. The number of alkyl halides is 1. The number of carbonyl (C=O) groups excluding carboxylic acids is 1. The highest BCUT2D eigenvalue weighted by atomic mass is 19.1. The molecule has 1 unspecified atom stereocenters. The molecule has 1 atom stereocenters. The molecule has 0 N–H and O–H groups in total. The minimum absolute atomic E-state index is 0.288. The zero-order valence-electron chi connectivity index (χ0n) is 9.67. The zero-order chi connectivity index (χ0) is 11.3. The van der Waals surface area contributed by atoms with Gasteiger partial charge in [0.05, 0.1) is 6.61 Å². The lowest BCUT2D eigenvalue weighted by Gasteiger charge is -2.21. The first kappa shape index (κ1) is 12.5. The minimum Gasteiger partial charge on any atom is -0.463 e. The average Bonchev–Trinajstić information content (AvgIpc) is 2.26. The summed E-state index contributed by atoms with van der Waals surface area (Å²) in [5.41, 5.74) is 0. The van der Waals surface area contributed by atoms with Crippen LogP contribution in [-0.4, -0.2) is 18.7 Å². The first-order valence-corrected chi connectivity index (χ1v) is 5.92. The van der Waals surface area contributed by atoms with E-state index in [2.05, 4.69) is 0 Å². The van der Waals surface area contributed by atoms with Crippen LogP contribution >= 0.6 is 0 Å². The second-order valence-corrected chi connectivity index (χ2v) is 4.78. The van der Waals surface area contributed by atoms with Crippen LogP contribution < -0.4 is 0 Å². The highest BCUT2D eigenvalue weighted by molar-refractivity contribution is 5.74. The van der Waals surface area contributed by atoms with Gasteiger partial charge < -0.3 is 4.74 Å². The molecular weight excluding hydrogens is 195 g/mol. The van der Waals surface area contributed by atoms with Crippen molar-refractivity contribution >= 4 is 5.97 Å². The van der Waals surface area contributed by atoms with E-state index in [0.29, 0.717) is 12.5 Å². The van der Waals surface area contributed by atoms with Gasteiger partial charge in [0.25, 0.3) is 0 Å². The number of esters is 1. The van der Waals surface area contributed by atoms with E-state index >= 15 is 0 Å². The van der Waals surface area contributed by atoms with Gasteiger partial charge in [0, 0.05) is 0 Å². The average molecular weight is 216 g/mol. The Morgan fingerprint density at radius 3 is 2.47 bits per heavy atom. The highest BCUT2D eigenvalue weighted by Crippen LogP contribution is 2.24. The molecule has 3 heteroatoms. The molecule has 0 amide bonds. The second kappa shape index (κ2) is 6.09. The number of hydrogen-bond donors (Lipinski definition) is 0. The van der Waals surface area contributed by atoms with Crippen molar-refractivity contribution in [1.82, 2.24) is 0 Å². The molecule has 1 aliphatic carbocycles. The van der Waals surface area contributed by atoms with Crippen molar-refractivity contribution in [3.8, 4) is 0 Å². The fraction of sp³-hybridized carbons (Fsp3) is 0.917. The summed E-state index contributed by atoms with van der Waals surface area (Å²) >= 11 is 0. The molecule has 0 aromatic carbocycles. The predicted molar refractivity (Wildman–Crippen MR) is 57.3 cm³/mol. The van der Waals surface area contributed by atoms with Crippen LogP contribution in [0.4, 0.5) is 4.39 Å². The number of ether oxygens (including phenoxy) is 1. The SMILES string of the molecule is CC(C)C(F)C(=O)OCC1CCCCC1. The van der Waals surface area contributed by atoms with Crippen LogP contribution in [0.1, 0.15) is 46.0 Å². The van der Waals surface area contributed by atoms with Gasteiger partial charge >= 0.3 is 5.97 Å². The fourth-order valence-electron chi connectivity index (χ4n) is 1.91. The van der Waals surface area contributed by atoms with Crippen molar-refractivity contribution in [2.45, 2.75) is 52.1 Å². The highest BCUT2D eigenvalue weighted by Gasteiger charge is 2.24. The van der Waals surface area contributed by atoms with E-state index in [4.69, 9.17) is 4.74 Å². The van der Waals surface area contributed by atoms with Gasteiger partial charge in [-0.2, -0.15) is 0 Å². The molecule has 1 rings (SSSR count). The van der Waals surface area contributed by atoms with Gasteiger partial charge in [0.2, 0.25) is 0 Å². The van der Waals surface area contributed by atoms with Crippen molar-refractivity contribution < 1.29 is 13.9 Å². The molecule has 0 radical (unpaired) electrons. The van der Waals surface area contributed by atoms with Crippen molar-refractivity contribution in [1.29, 1.82) is 0 Å². The summed E-state index contributed by atoms with van der Waals surface area (Å²) < 4.78 is 18.2. The molecule has 2 nitrogen and oxygen atoms in total. The van der Waals surface area contributed by atoms with Crippen LogP contribution in [0, 0.1) is 11.8 Å². The lowest BCUT2D eigenvalue weighted by atomic mass is 9.90. The largest absolute Gasteiger partial charge is 0.463 e. The first-order valence-electron chi connectivity index (χ1n) is 5.92. The normalized spacial score (nSPS) is 20.3. The van der Waals surface area contributed by atoms with Crippen LogP contribution in [0.15, 0.2) is 0 Å². The molecule has 15 heavy (non-hydrogen) atoms. The molecule has 0 aliphatic heterocycles. The van der Waals surface area contributed by atoms with E-state index in [0.717, 1.165) is 12.8 Å². The summed E-state index contributed by atoms with van der Waals surface area (Å²) in [7, 11) is 0. The first-order chi connectivity index (χ1) is 7.11. The van der Waals surface area contributed by atoms with E-state index in [1.165, 1.54) is 19.3 Å². The Bertz CT molecular complexity index is 198. The summed E-state index contributed by atoms with van der Waals surface area (Å²) in [6.07, 6.45) is 4.48. The van der Waals surface area contributed by atoms with Gasteiger partial charge in [-0.1, -0.05) is 33.1 Å². The Morgan fingerprint density at radius 2 is 1.93 bits per heavy atom. The van der Waals surface area contributed by atoms with Gasteiger partial charge in [0.15, 0.2) is 6.17 Å². The van der Waals surface area contributed by atoms with Gasteiger partial charge in [-0.25, -0.2) is 9.18 Å². The lowest BCUT2D eigenvalue weighted by molar-refractivity contribution is -0.153. The summed E-state index contributed by atoms with van der Waals surface area (Å²) in [6, 6.07) is 0. The third-order valence-electron chi connectivity index (χ3n) is 3.00. The molecule has 0 aromatic heterocycles. The zero-order valence-corrected chi connectivity index (χ0v) is 9.67. The Kier molecular flexibility index (Phi) is 5.06. The predicted octanol–water partition coefficient (Wildman–Crippen LogP) is 3.10. The monoisotopic (exact) mass is 216 g/mol. The quantitative estimate of drug-likeness (QED) is 0.675. The maximum atomic E-state index is 13.2. The summed E-state index contributed by atoms with van der Waals surface area (Å²) in [5.74, 6) is -0.513. The van der Waals surface area contributed by atoms with Crippen LogP contribution in [0.3, 0.4) is 0 Å². The smallest absolute Gasteiger partial charge is 0.340 e. The van der Waals surface area contributed by atoms with Crippen molar-refractivity contribution in [3.05, 3.63) is 0 Å². The minimum atomic E-state index is -1.46. The summed E-state index contributed by atoms with van der Waals surface area (Å²) in [4.78, 5) is 11.2. The number of halogens is 1. The van der Waals surface area contributed by atoms with E-state index < -0.39 is 12.1 Å². The van der Waals surface area contributed by atoms with Crippen LogP contribution in [0.2, 0.25) is 0 Å². The van der Waals surface area contributed by atoms with Crippen molar-refractivity contribution in [2.24, 2.45) is 11.8 Å². The number of rotatable bonds is 4. The molecule has 88 valence electrons. The molecule has 0 heterocycles. The van der Waals surface area contributed by atoms with E-state index in [-0.39, 0.29) is 5.92 Å². The van der Waals surface area contributed by atoms with Crippen molar-refractivity contribution in [3.63, 3.8) is 0 Å². The number of hydrogen-bond acceptors (Lipinski definition) is 2. The third-order valence-corrected chi connectivity index (χ3v) is 3.00. The Labute approximate surface area is 91.2 Å². The molecule has 0 bridgehead atoms. The van der Waals surface area contributed by atoms with Crippen LogP contribution in [0.5, 0.6) is 0 Å². The topological polar surface area (TPSA) is 26.3 Å². The van der Waals surface area contributed by atoms with E-state index in [1.54, 1.807) is 13.8 Å². The Balaban J connectivity index is 2.20. The standard InChI is InChI=1S/C12H21FO2/c1-9(2)11(13)12(14)15-8-10-6-4-3-5-7-10/h9-11H,3-8H2,1-2H3. The second-order valence-electron chi connectivity index (χ2n) is 4.78. The lowest BCUT2D eigenvalue weighted by Crippen LogP contribution is -2.26. The van der Waals surface area contributed by atoms with Crippen molar-refractivity contribution in [2.75, 3.05) is 6.61 Å². The van der Waals surface area contributed by atoms with Gasteiger partial charge in [0.1, 0.15) is 0 Å². The van der Waals surface area contributed by atoms with Gasteiger partial charge in [-0.05, 0) is 24.7 Å². The molecule has 0 aromatic rings. The molecule has 0 spiro atoms. The maximum absolute atomic E-state index is 13.2. The molecule has 1 aliphatic rings. The van der Waals surface area contributed by atoms with Gasteiger partial charge in [-0.15, -0.1) is 0 Å². The molecular formula is C12H21FO2. The van der Waals surface area contributed by atoms with E-state index in [9.17, 15) is 9.18 Å². The van der Waals surface area contributed by atoms with E-state index in [1.807, 2.05) is 0 Å². The van der Waals surface area contributed by atoms with Gasteiger partial charge in [-0.3, -0.25) is 0 Å². The number of carbonyl (C=O) groups is 1. The third kappa shape index (κ3) is 4.18. The Morgan fingerprint density at radius 1 is 1.33 bits per heavy atom. The fourth-order valence-corrected chi connectivity index (χ4v) is 1.91. The molecule has 1 fully saturated rings. The Hall–Kier alpha value is -0.600.